The summed E-state index contributed by atoms with van der Waals surface area (Å²) in [6, 6.07) is 24.4. The molecule has 35 heavy (non-hydrogen) atoms. The second kappa shape index (κ2) is 11.4. The summed E-state index contributed by atoms with van der Waals surface area (Å²) >= 11 is 6.00. The Morgan fingerprint density at radius 2 is 1.71 bits per heavy atom. The monoisotopic (exact) mass is 488 g/mol. The van der Waals surface area contributed by atoms with Gasteiger partial charge in [0.15, 0.2) is 5.82 Å². The maximum Gasteiger partial charge on any atom is 0.273 e. The molecular formula is C27H25ClN4O3. The molecule has 1 heterocycles. The SMILES string of the molecule is CN(Cc1ccccc1)C(=O)CCc1nnc(-c2ccc(OCc3cccc(Cl)c3)cc2)[nH]c1=O. The van der Waals surface area contributed by atoms with Gasteiger partial charge in [-0.1, -0.05) is 54.1 Å². The third-order valence-corrected chi connectivity index (χ3v) is 5.69. The predicted molar refractivity (Wildman–Crippen MR) is 135 cm³/mol. The van der Waals surface area contributed by atoms with Gasteiger partial charge in [-0.05, 0) is 47.5 Å². The van der Waals surface area contributed by atoms with Crippen LogP contribution in [0.1, 0.15) is 23.2 Å². The maximum absolute atomic E-state index is 12.5. The van der Waals surface area contributed by atoms with E-state index in [4.69, 9.17) is 16.3 Å². The van der Waals surface area contributed by atoms with E-state index in [2.05, 4.69) is 15.2 Å². The summed E-state index contributed by atoms with van der Waals surface area (Å²) in [6.07, 6.45) is 0.399. The number of rotatable bonds is 9. The zero-order valence-electron chi connectivity index (χ0n) is 19.3. The zero-order valence-corrected chi connectivity index (χ0v) is 20.0. The van der Waals surface area contributed by atoms with Crippen LogP contribution in [0.3, 0.4) is 0 Å². The van der Waals surface area contributed by atoms with E-state index in [1.807, 2.05) is 54.6 Å². The molecule has 0 aliphatic heterocycles. The van der Waals surface area contributed by atoms with E-state index in [0.717, 1.165) is 11.1 Å². The first kappa shape index (κ1) is 24.2. The Morgan fingerprint density at radius 1 is 0.971 bits per heavy atom. The van der Waals surface area contributed by atoms with Gasteiger partial charge in [0.1, 0.15) is 18.1 Å². The van der Waals surface area contributed by atoms with Gasteiger partial charge in [-0.3, -0.25) is 9.59 Å². The fraction of sp³-hybridized carbons (Fsp3) is 0.185. The van der Waals surface area contributed by atoms with Crippen molar-refractivity contribution in [1.29, 1.82) is 0 Å². The molecular weight excluding hydrogens is 464 g/mol. The number of amides is 1. The Kier molecular flexibility index (Phi) is 7.90. The van der Waals surface area contributed by atoms with Gasteiger partial charge in [-0.2, -0.15) is 0 Å². The number of hydrogen-bond acceptors (Lipinski definition) is 5. The van der Waals surface area contributed by atoms with Crippen LogP contribution in [0.25, 0.3) is 11.4 Å². The summed E-state index contributed by atoms with van der Waals surface area (Å²) < 4.78 is 5.79. The van der Waals surface area contributed by atoms with E-state index in [1.54, 1.807) is 36.2 Å². The second-order valence-electron chi connectivity index (χ2n) is 8.13. The number of aryl methyl sites for hydroxylation is 1. The molecule has 0 radical (unpaired) electrons. The molecule has 0 aliphatic carbocycles. The van der Waals surface area contributed by atoms with Crippen molar-refractivity contribution in [2.75, 3.05) is 7.05 Å². The summed E-state index contributed by atoms with van der Waals surface area (Å²) in [5, 5.41) is 8.88. The van der Waals surface area contributed by atoms with Gasteiger partial charge in [0.25, 0.3) is 5.56 Å². The quantitative estimate of drug-likeness (QED) is 0.370. The van der Waals surface area contributed by atoms with Crippen LogP contribution in [0.2, 0.25) is 5.02 Å². The number of carbonyl (C=O) groups is 1. The molecule has 0 saturated carbocycles. The number of benzene rings is 3. The van der Waals surface area contributed by atoms with Gasteiger partial charge in [0, 0.05) is 37.0 Å². The van der Waals surface area contributed by atoms with E-state index in [9.17, 15) is 9.59 Å². The van der Waals surface area contributed by atoms with Gasteiger partial charge >= 0.3 is 0 Å². The fourth-order valence-corrected chi connectivity index (χ4v) is 3.73. The molecule has 4 aromatic rings. The summed E-state index contributed by atoms with van der Waals surface area (Å²) in [5.41, 5.74) is 2.60. The van der Waals surface area contributed by atoms with E-state index < -0.39 is 0 Å². The molecule has 0 fully saturated rings. The molecule has 4 rings (SSSR count). The summed E-state index contributed by atoms with van der Waals surface area (Å²) in [4.78, 5) is 29.4. The molecule has 0 spiro atoms. The van der Waals surface area contributed by atoms with Crippen LogP contribution in [-0.4, -0.2) is 33.0 Å². The van der Waals surface area contributed by atoms with Crippen molar-refractivity contribution >= 4 is 17.5 Å². The lowest BCUT2D eigenvalue weighted by atomic mass is 10.2. The van der Waals surface area contributed by atoms with Crippen molar-refractivity contribution in [3.8, 4) is 17.1 Å². The van der Waals surface area contributed by atoms with E-state index in [-0.39, 0.29) is 30.0 Å². The van der Waals surface area contributed by atoms with Crippen LogP contribution < -0.4 is 10.3 Å². The fourth-order valence-electron chi connectivity index (χ4n) is 3.52. The molecule has 0 unspecified atom stereocenters. The molecule has 8 heteroatoms. The highest BCUT2D eigenvalue weighted by Gasteiger charge is 2.13. The van der Waals surface area contributed by atoms with Crippen molar-refractivity contribution in [2.45, 2.75) is 26.0 Å². The third kappa shape index (κ3) is 6.77. The molecule has 7 nitrogen and oxygen atoms in total. The Labute approximate surface area is 208 Å². The predicted octanol–water partition coefficient (Wildman–Crippen LogP) is 4.66. The normalized spacial score (nSPS) is 10.7. The minimum Gasteiger partial charge on any atom is -0.489 e. The van der Waals surface area contributed by atoms with Crippen LogP contribution in [0.5, 0.6) is 5.75 Å². The lowest BCUT2D eigenvalue weighted by Gasteiger charge is -2.17. The molecule has 1 N–H and O–H groups in total. The van der Waals surface area contributed by atoms with Gasteiger partial charge in [-0.15, -0.1) is 10.2 Å². The van der Waals surface area contributed by atoms with Crippen LogP contribution in [0, 0.1) is 0 Å². The van der Waals surface area contributed by atoms with E-state index >= 15 is 0 Å². The Hall–Kier alpha value is -3.97. The molecule has 0 atom stereocenters. The largest absolute Gasteiger partial charge is 0.489 e. The number of H-pyrrole nitrogens is 1. The lowest BCUT2D eigenvalue weighted by molar-refractivity contribution is -0.130. The molecule has 178 valence electrons. The highest BCUT2D eigenvalue weighted by atomic mass is 35.5. The smallest absolute Gasteiger partial charge is 0.273 e. The first-order chi connectivity index (χ1) is 17.0. The Balaban J connectivity index is 1.32. The van der Waals surface area contributed by atoms with Crippen LogP contribution in [0.4, 0.5) is 0 Å². The number of carbonyl (C=O) groups excluding carboxylic acids is 1. The first-order valence-corrected chi connectivity index (χ1v) is 11.6. The number of aromatic amines is 1. The minimum absolute atomic E-state index is 0.0625. The highest BCUT2D eigenvalue weighted by Crippen LogP contribution is 2.20. The summed E-state index contributed by atoms with van der Waals surface area (Å²) in [7, 11) is 1.75. The van der Waals surface area contributed by atoms with Gasteiger partial charge < -0.3 is 14.6 Å². The molecule has 0 saturated heterocycles. The number of nitrogens with zero attached hydrogens (tertiary/aromatic N) is 3. The first-order valence-electron chi connectivity index (χ1n) is 11.2. The minimum atomic E-state index is -0.352. The van der Waals surface area contributed by atoms with Crippen LogP contribution in [-0.2, 0) is 24.4 Å². The third-order valence-electron chi connectivity index (χ3n) is 5.45. The number of halogens is 1. The van der Waals surface area contributed by atoms with Crippen LogP contribution in [0.15, 0.2) is 83.7 Å². The van der Waals surface area contributed by atoms with Gasteiger partial charge in [0.05, 0.1) is 0 Å². The van der Waals surface area contributed by atoms with E-state index in [1.165, 1.54) is 0 Å². The summed E-state index contributed by atoms with van der Waals surface area (Å²) in [5.74, 6) is 0.971. The molecule has 0 aliphatic rings. The molecule has 1 aromatic heterocycles. The van der Waals surface area contributed by atoms with Crippen molar-refractivity contribution in [3.05, 3.63) is 111 Å². The molecule has 1 amide bonds. The van der Waals surface area contributed by atoms with Crippen LogP contribution >= 0.6 is 11.6 Å². The number of nitrogens with one attached hydrogen (secondary N) is 1. The Morgan fingerprint density at radius 3 is 2.43 bits per heavy atom. The second-order valence-corrected chi connectivity index (χ2v) is 8.56. The number of ether oxygens (including phenoxy) is 1. The van der Waals surface area contributed by atoms with E-state index in [0.29, 0.717) is 35.3 Å². The average molecular weight is 489 g/mol. The average Bonchev–Trinajstić information content (AvgIpc) is 2.87. The zero-order chi connectivity index (χ0) is 24.6. The van der Waals surface area contributed by atoms with Crippen molar-refractivity contribution in [2.24, 2.45) is 0 Å². The Bertz CT molecular complexity index is 1340. The standard InChI is InChI=1S/C27H25ClN4O3/c1-32(17-19-6-3-2-4-7-19)25(33)15-14-24-27(34)29-26(31-30-24)21-10-12-23(13-11-21)35-18-20-8-5-9-22(28)16-20/h2-13,16H,14-15,17-18H2,1H3,(H,29,31,34). The van der Waals surface area contributed by atoms with Gasteiger partial charge in [-0.25, -0.2) is 0 Å². The highest BCUT2D eigenvalue weighted by molar-refractivity contribution is 6.30. The molecule has 0 bridgehead atoms. The van der Waals surface area contributed by atoms with Crippen molar-refractivity contribution in [3.63, 3.8) is 0 Å². The molecule has 3 aromatic carbocycles. The number of aromatic nitrogens is 3. The number of hydrogen-bond donors (Lipinski definition) is 1. The lowest BCUT2D eigenvalue weighted by Crippen LogP contribution is -2.27. The topological polar surface area (TPSA) is 88.2 Å². The van der Waals surface area contributed by atoms with Gasteiger partial charge in [0.2, 0.25) is 5.91 Å². The summed E-state index contributed by atoms with van der Waals surface area (Å²) in [6.45, 7) is 0.907. The maximum atomic E-state index is 12.5. The van der Waals surface area contributed by atoms with Crippen molar-refractivity contribution < 1.29 is 9.53 Å². The van der Waals surface area contributed by atoms with Crippen molar-refractivity contribution in [1.82, 2.24) is 20.1 Å².